The largest absolute Gasteiger partial charge is 0.497 e. The van der Waals surface area contributed by atoms with Crippen molar-refractivity contribution < 1.29 is 19.0 Å². The summed E-state index contributed by atoms with van der Waals surface area (Å²) in [6, 6.07) is 7.61. The molecule has 2 fully saturated rings. The van der Waals surface area contributed by atoms with Crippen LogP contribution in [0, 0.1) is 0 Å². The zero-order valence-electron chi connectivity index (χ0n) is 14.6. The first-order valence-electron chi connectivity index (χ1n) is 8.50. The number of morpholine rings is 1. The Morgan fingerprint density at radius 1 is 1.17 bits per heavy atom. The molecule has 2 heterocycles. The van der Waals surface area contributed by atoms with Crippen molar-refractivity contribution in [1.82, 2.24) is 9.80 Å². The first-order chi connectivity index (χ1) is 11.5. The van der Waals surface area contributed by atoms with Crippen molar-refractivity contribution >= 4 is 5.91 Å². The quantitative estimate of drug-likeness (QED) is 0.815. The second-order valence-electron chi connectivity index (χ2n) is 6.67. The maximum absolute atomic E-state index is 12.4. The molecule has 0 saturated carbocycles. The zero-order chi connectivity index (χ0) is 17.1. The van der Waals surface area contributed by atoms with Crippen LogP contribution in [-0.4, -0.2) is 73.9 Å². The number of methoxy groups -OCH3 is 1. The molecule has 2 atom stereocenters. The number of carbonyl (C=O) groups is 1. The smallest absolute Gasteiger partial charge is 0.236 e. The number of amides is 1. The van der Waals surface area contributed by atoms with E-state index in [-0.39, 0.29) is 24.2 Å². The summed E-state index contributed by atoms with van der Waals surface area (Å²) in [6.07, 6.45) is 0.351. The lowest BCUT2D eigenvalue weighted by molar-refractivity contribution is -0.146. The molecule has 0 aliphatic carbocycles. The van der Waals surface area contributed by atoms with Crippen LogP contribution in [0.15, 0.2) is 24.3 Å². The standard InChI is InChI=1S/C18H26N2O4/c1-13-8-20(9-14(2)23-13)18(21)12-19-10-17(11-19)24-16-6-4-5-15(7-16)22-3/h4-7,13-14,17H,8-12H2,1-3H3. The number of likely N-dealkylation sites (tertiary alicyclic amines) is 1. The van der Waals surface area contributed by atoms with Crippen LogP contribution < -0.4 is 9.47 Å². The van der Waals surface area contributed by atoms with Gasteiger partial charge in [0, 0.05) is 32.2 Å². The van der Waals surface area contributed by atoms with Crippen molar-refractivity contribution in [2.75, 3.05) is 39.8 Å². The van der Waals surface area contributed by atoms with Gasteiger partial charge in [-0.1, -0.05) is 6.07 Å². The highest BCUT2D eigenvalue weighted by Gasteiger charge is 2.33. The minimum Gasteiger partial charge on any atom is -0.497 e. The van der Waals surface area contributed by atoms with Crippen molar-refractivity contribution in [3.8, 4) is 11.5 Å². The molecule has 3 rings (SSSR count). The van der Waals surface area contributed by atoms with Crippen LogP contribution in [0.5, 0.6) is 11.5 Å². The van der Waals surface area contributed by atoms with Gasteiger partial charge in [-0.15, -0.1) is 0 Å². The lowest BCUT2D eigenvalue weighted by Crippen LogP contribution is -2.58. The molecule has 2 saturated heterocycles. The van der Waals surface area contributed by atoms with Gasteiger partial charge in [-0.05, 0) is 26.0 Å². The average Bonchev–Trinajstić information content (AvgIpc) is 2.52. The molecular formula is C18H26N2O4. The van der Waals surface area contributed by atoms with E-state index in [1.54, 1.807) is 7.11 Å². The fraction of sp³-hybridized carbons (Fsp3) is 0.611. The van der Waals surface area contributed by atoms with Gasteiger partial charge in [-0.2, -0.15) is 0 Å². The van der Waals surface area contributed by atoms with Crippen LogP contribution in [0.2, 0.25) is 0 Å². The molecule has 2 aliphatic heterocycles. The number of nitrogens with zero attached hydrogens (tertiary/aromatic N) is 2. The molecule has 2 unspecified atom stereocenters. The predicted octanol–water partition coefficient (Wildman–Crippen LogP) is 1.39. The van der Waals surface area contributed by atoms with Crippen molar-refractivity contribution in [3.05, 3.63) is 24.3 Å². The molecule has 6 nitrogen and oxygen atoms in total. The maximum Gasteiger partial charge on any atom is 0.236 e. The predicted molar refractivity (Wildman–Crippen MR) is 90.4 cm³/mol. The van der Waals surface area contributed by atoms with E-state index in [2.05, 4.69) is 4.90 Å². The lowest BCUT2D eigenvalue weighted by atomic mass is 10.1. The van der Waals surface area contributed by atoms with Gasteiger partial charge in [0.15, 0.2) is 0 Å². The fourth-order valence-corrected chi connectivity index (χ4v) is 3.27. The van der Waals surface area contributed by atoms with Gasteiger partial charge >= 0.3 is 0 Å². The molecule has 1 amide bonds. The summed E-state index contributed by atoms with van der Waals surface area (Å²) < 4.78 is 16.8. The molecule has 1 aromatic rings. The normalized spacial score (nSPS) is 25.2. The third-order valence-corrected chi connectivity index (χ3v) is 4.40. The van der Waals surface area contributed by atoms with Crippen molar-refractivity contribution in [3.63, 3.8) is 0 Å². The monoisotopic (exact) mass is 334 g/mol. The summed E-state index contributed by atoms with van der Waals surface area (Å²) in [6.45, 7) is 7.39. The van der Waals surface area contributed by atoms with Crippen LogP contribution in [0.25, 0.3) is 0 Å². The number of rotatable bonds is 5. The van der Waals surface area contributed by atoms with Gasteiger partial charge in [-0.3, -0.25) is 9.69 Å². The highest BCUT2D eigenvalue weighted by Crippen LogP contribution is 2.23. The number of ether oxygens (including phenoxy) is 3. The fourth-order valence-electron chi connectivity index (χ4n) is 3.27. The van der Waals surface area contributed by atoms with Crippen LogP contribution in [0.3, 0.4) is 0 Å². The minimum absolute atomic E-state index is 0.109. The van der Waals surface area contributed by atoms with Crippen LogP contribution in [0.1, 0.15) is 13.8 Å². The minimum atomic E-state index is 0.109. The third kappa shape index (κ3) is 4.19. The van der Waals surface area contributed by atoms with Crippen LogP contribution >= 0.6 is 0 Å². The summed E-state index contributed by atoms with van der Waals surface area (Å²) in [5.74, 6) is 1.77. The Hall–Kier alpha value is -1.79. The number of hydrogen-bond acceptors (Lipinski definition) is 5. The number of benzene rings is 1. The summed E-state index contributed by atoms with van der Waals surface area (Å²) in [4.78, 5) is 16.4. The van der Waals surface area contributed by atoms with E-state index in [9.17, 15) is 4.79 Å². The molecular weight excluding hydrogens is 308 g/mol. The summed E-state index contributed by atoms with van der Waals surface area (Å²) >= 11 is 0. The molecule has 0 radical (unpaired) electrons. The van der Waals surface area contributed by atoms with E-state index in [0.29, 0.717) is 19.6 Å². The molecule has 2 aliphatic rings. The first-order valence-corrected chi connectivity index (χ1v) is 8.50. The van der Waals surface area contributed by atoms with E-state index < -0.39 is 0 Å². The van der Waals surface area contributed by atoms with E-state index >= 15 is 0 Å². The van der Waals surface area contributed by atoms with Crippen molar-refractivity contribution in [2.45, 2.75) is 32.2 Å². The van der Waals surface area contributed by atoms with Crippen molar-refractivity contribution in [1.29, 1.82) is 0 Å². The van der Waals surface area contributed by atoms with E-state index in [0.717, 1.165) is 24.6 Å². The highest BCUT2D eigenvalue weighted by atomic mass is 16.5. The van der Waals surface area contributed by atoms with E-state index in [4.69, 9.17) is 14.2 Å². The van der Waals surface area contributed by atoms with E-state index in [1.165, 1.54) is 0 Å². The van der Waals surface area contributed by atoms with Gasteiger partial charge in [-0.25, -0.2) is 0 Å². The average molecular weight is 334 g/mol. The molecule has 0 aromatic heterocycles. The molecule has 0 bridgehead atoms. The van der Waals surface area contributed by atoms with Crippen LogP contribution in [-0.2, 0) is 9.53 Å². The van der Waals surface area contributed by atoms with Gasteiger partial charge < -0.3 is 19.1 Å². The zero-order valence-corrected chi connectivity index (χ0v) is 14.6. The third-order valence-electron chi connectivity index (χ3n) is 4.40. The summed E-state index contributed by atoms with van der Waals surface area (Å²) in [7, 11) is 1.64. The molecule has 1 aromatic carbocycles. The Morgan fingerprint density at radius 2 is 1.83 bits per heavy atom. The summed E-state index contributed by atoms with van der Waals surface area (Å²) in [5, 5.41) is 0. The number of carbonyl (C=O) groups excluding carboxylic acids is 1. The highest BCUT2D eigenvalue weighted by molar-refractivity contribution is 5.78. The topological polar surface area (TPSA) is 51.2 Å². The van der Waals surface area contributed by atoms with Gasteiger partial charge in [0.2, 0.25) is 5.91 Å². The second kappa shape index (κ2) is 7.40. The maximum atomic E-state index is 12.4. The van der Waals surface area contributed by atoms with Gasteiger partial charge in [0.25, 0.3) is 0 Å². The second-order valence-corrected chi connectivity index (χ2v) is 6.67. The Kier molecular flexibility index (Phi) is 5.26. The van der Waals surface area contributed by atoms with Gasteiger partial charge in [0.05, 0.1) is 25.9 Å². The Bertz CT molecular complexity index is 564. The summed E-state index contributed by atoms with van der Waals surface area (Å²) in [5.41, 5.74) is 0. The molecule has 132 valence electrons. The Labute approximate surface area is 143 Å². The molecule has 0 spiro atoms. The van der Waals surface area contributed by atoms with Crippen LogP contribution in [0.4, 0.5) is 0 Å². The van der Waals surface area contributed by atoms with Gasteiger partial charge in [0.1, 0.15) is 17.6 Å². The van der Waals surface area contributed by atoms with E-state index in [1.807, 2.05) is 43.0 Å². The SMILES string of the molecule is COc1cccc(OC2CN(CC(=O)N3CC(C)OC(C)C3)C2)c1. The molecule has 0 N–H and O–H groups in total. The van der Waals surface area contributed by atoms with Crippen molar-refractivity contribution in [2.24, 2.45) is 0 Å². The number of hydrogen-bond donors (Lipinski definition) is 0. The lowest BCUT2D eigenvalue weighted by Gasteiger charge is -2.41. The Balaban J connectivity index is 1.42. The Morgan fingerprint density at radius 3 is 2.50 bits per heavy atom. The molecule has 24 heavy (non-hydrogen) atoms. The molecule has 6 heteroatoms. The first kappa shape index (κ1) is 17.0.